The van der Waals surface area contributed by atoms with Gasteiger partial charge in [0.1, 0.15) is 11.3 Å². The van der Waals surface area contributed by atoms with Gasteiger partial charge in [0, 0.05) is 23.1 Å². The molecule has 4 heterocycles. The number of nitrogens with one attached hydrogen (secondary N) is 1. The summed E-state index contributed by atoms with van der Waals surface area (Å²) >= 11 is 6.30. The van der Waals surface area contributed by atoms with E-state index in [9.17, 15) is 4.79 Å². The van der Waals surface area contributed by atoms with Crippen LogP contribution in [0.15, 0.2) is 24.4 Å². The van der Waals surface area contributed by atoms with E-state index in [1.54, 1.807) is 6.20 Å². The van der Waals surface area contributed by atoms with Gasteiger partial charge in [-0.3, -0.25) is 9.78 Å². The molecular formula is C21H23ClN4O3. The first-order valence-corrected chi connectivity index (χ1v) is 10.4. The van der Waals surface area contributed by atoms with Gasteiger partial charge in [-0.2, -0.15) is 0 Å². The Morgan fingerprint density at radius 1 is 1.34 bits per heavy atom. The van der Waals surface area contributed by atoms with E-state index in [0.717, 1.165) is 40.6 Å². The van der Waals surface area contributed by atoms with Crippen molar-refractivity contribution in [3.05, 3.63) is 35.2 Å². The number of ether oxygens (including phenoxy) is 2. The van der Waals surface area contributed by atoms with Crippen LogP contribution in [0, 0.1) is 0 Å². The van der Waals surface area contributed by atoms with Crippen LogP contribution in [0.5, 0.6) is 0 Å². The average Bonchev–Trinajstić information content (AvgIpc) is 3.03. The lowest BCUT2D eigenvalue weighted by atomic mass is 10.0. The molecule has 152 valence electrons. The highest BCUT2D eigenvalue weighted by atomic mass is 35.5. The smallest absolute Gasteiger partial charge is 0.227 e. The Bertz CT molecular complexity index is 1080. The first kappa shape index (κ1) is 18.8. The Balaban J connectivity index is 1.62. The highest BCUT2D eigenvalue weighted by Gasteiger charge is 2.28. The summed E-state index contributed by atoms with van der Waals surface area (Å²) in [6.45, 7) is 3.94. The minimum absolute atomic E-state index is 0.0368. The zero-order chi connectivity index (χ0) is 20.0. The van der Waals surface area contributed by atoms with Crippen molar-refractivity contribution < 1.29 is 14.3 Å². The second-order valence-corrected chi connectivity index (χ2v) is 8.33. The number of carbonyl (C=O) groups is 1. The van der Waals surface area contributed by atoms with Crippen molar-refractivity contribution in [1.29, 1.82) is 0 Å². The molecule has 0 spiro atoms. The maximum absolute atomic E-state index is 12.6. The molecule has 0 saturated carbocycles. The van der Waals surface area contributed by atoms with Gasteiger partial charge in [-0.15, -0.1) is 0 Å². The topological polar surface area (TPSA) is 78.3 Å². The lowest BCUT2D eigenvalue weighted by Gasteiger charge is -2.30. The summed E-state index contributed by atoms with van der Waals surface area (Å²) in [5, 5.41) is 4.63. The molecule has 3 aromatic rings. The van der Waals surface area contributed by atoms with Crippen molar-refractivity contribution >= 4 is 39.4 Å². The number of rotatable bonds is 4. The number of nitrogens with zero attached hydrogens (tertiary/aromatic N) is 3. The van der Waals surface area contributed by atoms with Gasteiger partial charge in [0.15, 0.2) is 0 Å². The first-order valence-electron chi connectivity index (χ1n) is 10.0. The number of pyridine rings is 1. The van der Waals surface area contributed by atoms with Gasteiger partial charge in [0.25, 0.3) is 0 Å². The Morgan fingerprint density at radius 3 is 2.97 bits per heavy atom. The van der Waals surface area contributed by atoms with Gasteiger partial charge in [-0.1, -0.05) is 11.6 Å². The number of aromatic nitrogens is 3. The average molecular weight is 415 g/mol. The van der Waals surface area contributed by atoms with Gasteiger partial charge >= 0.3 is 0 Å². The fraction of sp³-hybridized carbons (Fsp3) is 0.476. The van der Waals surface area contributed by atoms with E-state index in [1.165, 1.54) is 0 Å². The Labute approximate surface area is 173 Å². The van der Waals surface area contributed by atoms with E-state index in [2.05, 4.69) is 21.8 Å². The van der Waals surface area contributed by atoms with Crippen molar-refractivity contribution in [2.45, 2.75) is 44.4 Å². The molecule has 0 aliphatic carbocycles. The SMILES string of the molecule is CC1C[C@H](n2c(CC(=O)NC3COC3)nc3cnc4ccc(Cl)cc4c32)CCO1. The van der Waals surface area contributed by atoms with Gasteiger partial charge in [0.2, 0.25) is 5.91 Å². The predicted octanol–water partition coefficient (Wildman–Crippen LogP) is 3.04. The van der Waals surface area contributed by atoms with E-state index in [0.29, 0.717) is 24.8 Å². The third-order valence-electron chi connectivity index (χ3n) is 5.70. The third kappa shape index (κ3) is 3.58. The van der Waals surface area contributed by atoms with Crippen LogP contribution < -0.4 is 5.32 Å². The van der Waals surface area contributed by atoms with E-state index >= 15 is 0 Å². The van der Waals surface area contributed by atoms with E-state index < -0.39 is 0 Å². The van der Waals surface area contributed by atoms with Crippen LogP contribution >= 0.6 is 11.6 Å². The monoisotopic (exact) mass is 414 g/mol. The van der Waals surface area contributed by atoms with Crippen LogP contribution in [0.2, 0.25) is 5.02 Å². The summed E-state index contributed by atoms with van der Waals surface area (Å²) in [4.78, 5) is 22.0. The molecule has 2 saturated heterocycles. The summed E-state index contributed by atoms with van der Waals surface area (Å²) in [6, 6.07) is 6.01. The number of fused-ring (bicyclic) bond motifs is 3. The molecule has 0 bridgehead atoms. The summed E-state index contributed by atoms with van der Waals surface area (Å²) in [5.74, 6) is 0.719. The number of imidazole rings is 1. The van der Waals surface area contributed by atoms with Crippen LogP contribution in [-0.2, 0) is 20.7 Å². The number of hydrogen-bond acceptors (Lipinski definition) is 5. The largest absolute Gasteiger partial charge is 0.378 e. The van der Waals surface area contributed by atoms with Crippen LogP contribution in [0.25, 0.3) is 21.9 Å². The van der Waals surface area contributed by atoms with Crippen molar-refractivity contribution in [1.82, 2.24) is 19.9 Å². The van der Waals surface area contributed by atoms with Crippen molar-refractivity contribution in [2.24, 2.45) is 0 Å². The molecular weight excluding hydrogens is 392 g/mol. The quantitative estimate of drug-likeness (QED) is 0.710. The molecule has 1 aromatic carbocycles. The number of halogens is 1. The van der Waals surface area contributed by atoms with Crippen LogP contribution in [0.3, 0.4) is 0 Å². The first-order chi connectivity index (χ1) is 14.1. The fourth-order valence-corrected chi connectivity index (χ4v) is 4.44. The Morgan fingerprint density at radius 2 is 2.21 bits per heavy atom. The second kappa shape index (κ2) is 7.55. The standard InChI is InChI=1S/C21H23ClN4O3/c1-12-6-15(4-5-29-12)26-19(8-20(27)24-14-10-28-11-14)25-18-9-23-17-3-2-13(22)7-16(17)21(18)26/h2-3,7,9,12,14-15H,4-6,8,10-11H2,1H3,(H,24,27)/t12?,15-/m1/s1. The van der Waals surface area contributed by atoms with E-state index in [-0.39, 0.29) is 30.5 Å². The third-order valence-corrected chi connectivity index (χ3v) is 5.93. The summed E-state index contributed by atoms with van der Waals surface area (Å²) in [7, 11) is 0. The number of amides is 1. The second-order valence-electron chi connectivity index (χ2n) is 7.89. The maximum Gasteiger partial charge on any atom is 0.227 e. The fourth-order valence-electron chi connectivity index (χ4n) is 4.27. The van der Waals surface area contributed by atoms with Crippen LogP contribution in [0.4, 0.5) is 0 Å². The molecule has 1 amide bonds. The zero-order valence-corrected chi connectivity index (χ0v) is 17.0. The highest BCUT2D eigenvalue weighted by Crippen LogP contribution is 2.34. The molecule has 2 fully saturated rings. The van der Waals surface area contributed by atoms with Gasteiger partial charge < -0.3 is 19.4 Å². The molecule has 2 atom stereocenters. The number of hydrogen-bond donors (Lipinski definition) is 1. The summed E-state index contributed by atoms with van der Waals surface area (Å²) in [5.41, 5.74) is 2.64. The van der Waals surface area contributed by atoms with Crippen molar-refractivity contribution in [2.75, 3.05) is 19.8 Å². The van der Waals surface area contributed by atoms with Crippen molar-refractivity contribution in [3.8, 4) is 0 Å². The minimum Gasteiger partial charge on any atom is -0.378 e. The maximum atomic E-state index is 12.6. The lowest BCUT2D eigenvalue weighted by molar-refractivity contribution is -0.124. The van der Waals surface area contributed by atoms with E-state index in [4.69, 9.17) is 26.1 Å². The number of carbonyl (C=O) groups excluding carboxylic acids is 1. The summed E-state index contributed by atoms with van der Waals surface area (Å²) < 4.78 is 13.1. The van der Waals surface area contributed by atoms with Crippen molar-refractivity contribution in [3.63, 3.8) is 0 Å². The molecule has 29 heavy (non-hydrogen) atoms. The lowest BCUT2D eigenvalue weighted by Crippen LogP contribution is -2.49. The zero-order valence-electron chi connectivity index (χ0n) is 16.2. The van der Waals surface area contributed by atoms with E-state index in [1.807, 2.05) is 18.2 Å². The van der Waals surface area contributed by atoms with Gasteiger partial charge in [-0.25, -0.2) is 4.98 Å². The summed E-state index contributed by atoms with van der Waals surface area (Å²) in [6.07, 6.45) is 3.92. The minimum atomic E-state index is -0.0368. The molecule has 2 aliphatic rings. The van der Waals surface area contributed by atoms with Gasteiger partial charge in [-0.05, 0) is 38.0 Å². The number of benzene rings is 1. The van der Waals surface area contributed by atoms with Gasteiger partial charge in [0.05, 0.1) is 49.0 Å². The molecule has 8 heteroatoms. The molecule has 0 radical (unpaired) electrons. The van der Waals surface area contributed by atoms with Crippen LogP contribution in [-0.4, -0.2) is 52.4 Å². The molecule has 2 aliphatic heterocycles. The predicted molar refractivity (Wildman–Crippen MR) is 110 cm³/mol. The Hall–Kier alpha value is -2.22. The molecule has 5 rings (SSSR count). The molecule has 1 N–H and O–H groups in total. The normalized spacial score (nSPS) is 22.7. The van der Waals surface area contributed by atoms with Crippen LogP contribution in [0.1, 0.15) is 31.6 Å². The molecule has 2 aromatic heterocycles. The molecule has 1 unspecified atom stereocenters. The Kier molecular flexibility index (Phi) is 4.89. The molecule has 7 nitrogen and oxygen atoms in total. The highest BCUT2D eigenvalue weighted by molar-refractivity contribution is 6.31.